The van der Waals surface area contributed by atoms with E-state index < -0.39 is 6.61 Å². The number of hydrogen-bond donors (Lipinski definition) is 3. The maximum absolute atomic E-state index is 12.4. The number of nitrogens with one attached hydrogen (secondary N) is 3. The van der Waals surface area contributed by atoms with Crippen LogP contribution in [-0.2, 0) is 19.1 Å². The Bertz CT molecular complexity index is 869. The maximum Gasteiger partial charge on any atom is 0.387 e. The van der Waals surface area contributed by atoms with E-state index in [4.69, 9.17) is 16.3 Å². The van der Waals surface area contributed by atoms with Gasteiger partial charge in [-0.2, -0.15) is 8.78 Å². The molecule has 0 aromatic heterocycles. The van der Waals surface area contributed by atoms with Crippen LogP contribution in [0.4, 0.5) is 8.78 Å². The van der Waals surface area contributed by atoms with Gasteiger partial charge in [-0.15, -0.1) is 0 Å². The Morgan fingerprint density at radius 1 is 1.29 bits per heavy atom. The van der Waals surface area contributed by atoms with Crippen LogP contribution in [0.2, 0.25) is 0 Å². The fourth-order valence-electron chi connectivity index (χ4n) is 3.06. The number of rotatable bonds is 13. The highest BCUT2D eigenvalue weighted by atomic mass is 35.5. The van der Waals surface area contributed by atoms with E-state index in [1.54, 1.807) is 13.0 Å². The minimum absolute atomic E-state index is 0.203. The molecule has 0 bridgehead atoms. The summed E-state index contributed by atoms with van der Waals surface area (Å²) in [6.45, 7) is 10.5. The van der Waals surface area contributed by atoms with Gasteiger partial charge >= 0.3 is 6.61 Å². The monoisotopic (exact) mass is 513 g/mol. The first-order chi connectivity index (χ1) is 16.7. The molecule has 1 aliphatic rings. The van der Waals surface area contributed by atoms with Gasteiger partial charge in [-0.3, -0.25) is 9.59 Å². The van der Waals surface area contributed by atoms with Crippen LogP contribution in [-0.4, -0.2) is 44.2 Å². The summed E-state index contributed by atoms with van der Waals surface area (Å²) in [5.41, 5.74) is 3.79. The normalized spacial score (nSPS) is 18.3. The van der Waals surface area contributed by atoms with Crippen molar-refractivity contribution in [1.82, 2.24) is 16.0 Å². The number of carbonyl (C=O) groups excluding carboxylic acids is 2. The predicted molar refractivity (Wildman–Crippen MR) is 133 cm³/mol. The van der Waals surface area contributed by atoms with Crippen molar-refractivity contribution in [3.05, 3.63) is 71.9 Å². The molecular weight excluding hydrogens is 480 g/mol. The molecule has 0 aliphatic carbocycles. The molecular formula is C25H34ClF2N3O4. The molecule has 0 saturated carbocycles. The van der Waals surface area contributed by atoms with E-state index in [9.17, 15) is 18.4 Å². The smallest absolute Gasteiger partial charge is 0.387 e. The Hall–Kier alpha value is -3.07. The molecule has 1 atom stereocenters. The average molecular weight is 514 g/mol. The lowest BCUT2D eigenvalue weighted by atomic mass is 9.98. The van der Waals surface area contributed by atoms with Crippen molar-refractivity contribution in [1.29, 1.82) is 0 Å². The Morgan fingerprint density at radius 3 is 2.66 bits per heavy atom. The number of alkyl halides is 2. The van der Waals surface area contributed by atoms with Crippen LogP contribution in [0.1, 0.15) is 39.0 Å². The molecule has 0 radical (unpaired) electrons. The Balaban J connectivity index is 2.46. The number of allylic oxidation sites excluding steroid dienone is 4. The van der Waals surface area contributed by atoms with Crippen molar-refractivity contribution >= 4 is 23.4 Å². The van der Waals surface area contributed by atoms with Crippen LogP contribution in [0, 0.1) is 0 Å². The van der Waals surface area contributed by atoms with Crippen LogP contribution >= 0.6 is 11.6 Å². The van der Waals surface area contributed by atoms with Crippen LogP contribution in [0.25, 0.3) is 0 Å². The predicted octanol–water partition coefficient (Wildman–Crippen LogP) is 4.56. The number of amides is 2. The summed E-state index contributed by atoms with van der Waals surface area (Å²) in [5.74, 6) is -0.331. The molecule has 35 heavy (non-hydrogen) atoms. The molecule has 0 aromatic rings. The van der Waals surface area contributed by atoms with Gasteiger partial charge in [0, 0.05) is 29.9 Å². The minimum atomic E-state index is -2.90. The molecule has 1 fully saturated rings. The molecule has 1 aliphatic heterocycles. The van der Waals surface area contributed by atoms with Gasteiger partial charge < -0.3 is 25.4 Å². The number of carbonyl (C=O) groups is 2. The van der Waals surface area contributed by atoms with Gasteiger partial charge in [0.1, 0.15) is 12.0 Å². The average Bonchev–Trinajstić information content (AvgIpc) is 2.82. The van der Waals surface area contributed by atoms with Crippen LogP contribution in [0.15, 0.2) is 71.9 Å². The second-order valence-corrected chi connectivity index (χ2v) is 8.13. The van der Waals surface area contributed by atoms with E-state index in [1.807, 2.05) is 0 Å². The van der Waals surface area contributed by atoms with E-state index >= 15 is 0 Å². The van der Waals surface area contributed by atoms with Gasteiger partial charge in [0.05, 0.1) is 6.04 Å². The zero-order valence-corrected chi connectivity index (χ0v) is 20.8. The van der Waals surface area contributed by atoms with E-state index in [2.05, 4.69) is 40.4 Å². The quantitative estimate of drug-likeness (QED) is 0.145. The lowest BCUT2D eigenvalue weighted by molar-refractivity contribution is -0.124. The lowest BCUT2D eigenvalue weighted by Crippen LogP contribution is -2.42. The van der Waals surface area contributed by atoms with Gasteiger partial charge in [0.2, 0.25) is 5.91 Å². The summed E-state index contributed by atoms with van der Waals surface area (Å²) in [5, 5.41) is 8.55. The topological polar surface area (TPSA) is 88.7 Å². The van der Waals surface area contributed by atoms with Crippen molar-refractivity contribution in [3.63, 3.8) is 0 Å². The van der Waals surface area contributed by atoms with Gasteiger partial charge in [-0.05, 0) is 56.8 Å². The summed E-state index contributed by atoms with van der Waals surface area (Å²) in [4.78, 5) is 24.4. The first-order valence-electron chi connectivity index (χ1n) is 11.2. The molecule has 1 rings (SSSR count). The van der Waals surface area contributed by atoms with E-state index in [1.165, 1.54) is 11.6 Å². The van der Waals surface area contributed by atoms with Gasteiger partial charge in [-0.25, -0.2) is 0 Å². The molecule has 1 unspecified atom stereocenters. The second kappa shape index (κ2) is 16.5. The summed E-state index contributed by atoms with van der Waals surface area (Å²) in [6, 6.07) is -0.333. The highest BCUT2D eigenvalue weighted by molar-refractivity contribution is 6.25. The number of halogens is 3. The largest absolute Gasteiger partial charge is 0.484 e. The van der Waals surface area contributed by atoms with E-state index in [-0.39, 0.29) is 49.5 Å². The van der Waals surface area contributed by atoms with Crippen LogP contribution in [0.3, 0.4) is 0 Å². The van der Waals surface area contributed by atoms with Crippen LogP contribution < -0.4 is 16.0 Å². The van der Waals surface area contributed by atoms with Crippen molar-refractivity contribution in [3.8, 4) is 0 Å². The molecule has 0 spiro atoms. The molecule has 194 valence electrons. The van der Waals surface area contributed by atoms with Crippen molar-refractivity contribution in [2.45, 2.75) is 51.7 Å². The molecule has 1 heterocycles. The fourth-order valence-corrected chi connectivity index (χ4v) is 3.13. The zero-order valence-electron chi connectivity index (χ0n) is 20.0. The standard InChI is InChI=1S/C25H34ClF2N3O4/c1-5-21(12-17(2)13-26)34-16-23(32)29-11-10-19(4)24(33)30-14-22-18(3)8-6-7-9-20(31-22)15-35-25(27)28/h5,12-13,15,22,25,31H,1,3-4,6-11,14,16H2,2H3,(H,29,32)(H,30,33)/b17-13+,20-15-,21-12+. The third-order valence-electron chi connectivity index (χ3n) is 5.01. The molecule has 1 saturated heterocycles. The minimum Gasteiger partial charge on any atom is -0.484 e. The summed E-state index contributed by atoms with van der Waals surface area (Å²) in [7, 11) is 0. The van der Waals surface area contributed by atoms with Crippen molar-refractivity contribution < 1.29 is 27.8 Å². The second-order valence-electron chi connectivity index (χ2n) is 7.91. The number of ether oxygens (including phenoxy) is 2. The fraction of sp³-hybridized carbons (Fsp3) is 0.440. The molecule has 7 nitrogen and oxygen atoms in total. The van der Waals surface area contributed by atoms with E-state index in [0.29, 0.717) is 17.9 Å². The molecule has 0 aromatic carbocycles. The van der Waals surface area contributed by atoms with Crippen molar-refractivity contribution in [2.75, 3.05) is 19.7 Å². The van der Waals surface area contributed by atoms with Crippen molar-refractivity contribution in [2.24, 2.45) is 0 Å². The number of hydrogen-bond acceptors (Lipinski definition) is 5. The first kappa shape index (κ1) is 30.0. The maximum atomic E-state index is 12.4. The third kappa shape index (κ3) is 12.8. The van der Waals surface area contributed by atoms with Gasteiger partial charge in [0.15, 0.2) is 6.61 Å². The highest BCUT2D eigenvalue weighted by Gasteiger charge is 2.19. The zero-order chi connectivity index (χ0) is 26.2. The van der Waals surface area contributed by atoms with Gasteiger partial charge in [-0.1, -0.05) is 36.9 Å². The van der Waals surface area contributed by atoms with E-state index in [0.717, 1.165) is 36.7 Å². The SMILES string of the molecule is C=C/C(=C\C(C)=C\Cl)OCC(=O)NCCC(=C)C(=O)NCC1N/C(=C\OC(F)F)CCCCC1=C. The Labute approximate surface area is 210 Å². The Morgan fingerprint density at radius 2 is 2.00 bits per heavy atom. The third-order valence-corrected chi connectivity index (χ3v) is 5.35. The summed E-state index contributed by atoms with van der Waals surface area (Å²) < 4.78 is 34.4. The first-order valence-corrected chi connectivity index (χ1v) is 11.6. The highest BCUT2D eigenvalue weighted by Crippen LogP contribution is 2.19. The molecule has 2 amide bonds. The molecule has 3 N–H and O–H groups in total. The summed E-state index contributed by atoms with van der Waals surface area (Å²) >= 11 is 5.60. The Kier molecular flexibility index (Phi) is 14.2. The molecule has 10 heteroatoms. The summed E-state index contributed by atoms with van der Waals surface area (Å²) in [6.07, 6.45) is 7.36. The van der Waals surface area contributed by atoms with Gasteiger partial charge in [0.25, 0.3) is 5.91 Å². The lowest BCUT2D eigenvalue weighted by Gasteiger charge is -2.27. The van der Waals surface area contributed by atoms with Crippen LogP contribution in [0.5, 0.6) is 0 Å².